The molecule has 0 aliphatic carbocycles. The number of fused-ring (bicyclic) bond motifs is 2. The molecule has 4 rings (SSSR count). The molecule has 5 heteroatoms. The topological polar surface area (TPSA) is 31.5 Å². The first kappa shape index (κ1) is 12.5. The Balaban J connectivity index is 1.73. The van der Waals surface area contributed by atoms with E-state index in [9.17, 15) is 0 Å². The predicted molar refractivity (Wildman–Crippen MR) is 85.3 cm³/mol. The molecule has 0 aliphatic rings. The highest BCUT2D eigenvalue weighted by Crippen LogP contribution is 2.27. The fourth-order valence-corrected chi connectivity index (χ4v) is 3.36. The molecular formula is C16H15N3OS. The van der Waals surface area contributed by atoms with Crippen LogP contribution in [0.4, 0.5) is 0 Å². The second-order valence-electron chi connectivity index (χ2n) is 4.89. The van der Waals surface area contributed by atoms with E-state index in [1.807, 2.05) is 30.6 Å². The lowest BCUT2D eigenvalue weighted by atomic mass is 10.2. The minimum absolute atomic E-state index is 0.682. The quantitative estimate of drug-likeness (QED) is 0.574. The van der Waals surface area contributed by atoms with Crippen molar-refractivity contribution in [3.63, 3.8) is 0 Å². The van der Waals surface area contributed by atoms with Crippen molar-refractivity contribution >= 4 is 27.2 Å². The number of nitrogens with zero attached hydrogens (tertiary/aromatic N) is 3. The molecule has 0 N–H and O–H groups in total. The zero-order valence-corrected chi connectivity index (χ0v) is 12.5. The average molecular weight is 297 g/mol. The summed E-state index contributed by atoms with van der Waals surface area (Å²) in [5, 5.41) is 3.20. The van der Waals surface area contributed by atoms with Gasteiger partial charge >= 0.3 is 0 Å². The monoisotopic (exact) mass is 297 g/mol. The molecule has 0 bridgehead atoms. The van der Waals surface area contributed by atoms with Crippen molar-refractivity contribution < 1.29 is 4.74 Å². The summed E-state index contributed by atoms with van der Waals surface area (Å²) in [7, 11) is 0. The lowest BCUT2D eigenvalue weighted by Crippen LogP contribution is -1.98. The molecule has 0 amide bonds. The minimum Gasteiger partial charge on any atom is -0.493 e. The number of ether oxygens (including phenoxy) is 1. The van der Waals surface area contributed by atoms with E-state index >= 15 is 0 Å². The smallest absolute Gasteiger partial charge is 0.193 e. The third-order valence-corrected chi connectivity index (χ3v) is 4.32. The summed E-state index contributed by atoms with van der Waals surface area (Å²) in [4.78, 5) is 5.68. The van der Waals surface area contributed by atoms with Crippen LogP contribution < -0.4 is 4.74 Å². The zero-order chi connectivity index (χ0) is 14.2. The summed E-state index contributed by atoms with van der Waals surface area (Å²) in [6.07, 6.45) is 6.22. The van der Waals surface area contributed by atoms with E-state index in [1.165, 1.54) is 5.52 Å². The summed E-state index contributed by atoms with van der Waals surface area (Å²) in [6, 6.07) is 8.29. The lowest BCUT2D eigenvalue weighted by Gasteiger charge is -2.06. The van der Waals surface area contributed by atoms with Gasteiger partial charge in [-0.25, -0.2) is 4.98 Å². The molecule has 4 aromatic rings. The number of benzene rings is 1. The van der Waals surface area contributed by atoms with Crippen molar-refractivity contribution in [2.24, 2.45) is 0 Å². The van der Waals surface area contributed by atoms with Crippen LogP contribution in [0.3, 0.4) is 0 Å². The van der Waals surface area contributed by atoms with Gasteiger partial charge in [-0.05, 0) is 25.1 Å². The van der Waals surface area contributed by atoms with Crippen molar-refractivity contribution in [3.8, 4) is 5.75 Å². The molecule has 3 aromatic heterocycles. The van der Waals surface area contributed by atoms with Gasteiger partial charge < -0.3 is 9.30 Å². The second-order valence-corrected chi connectivity index (χ2v) is 5.76. The van der Waals surface area contributed by atoms with Gasteiger partial charge in [0.15, 0.2) is 4.96 Å². The maximum Gasteiger partial charge on any atom is 0.193 e. The van der Waals surface area contributed by atoms with Crippen LogP contribution in [0.2, 0.25) is 0 Å². The molecule has 106 valence electrons. The standard InChI is InChI=1S/C16H15N3OS/c1-2-20-15-5-3-4-14-13(15)6-7-18(14)10-12-11-19-8-9-21-16(19)17-12/h3-9,11H,2,10H2,1H3. The van der Waals surface area contributed by atoms with Gasteiger partial charge in [-0.3, -0.25) is 4.40 Å². The zero-order valence-electron chi connectivity index (χ0n) is 11.7. The Bertz CT molecular complexity index is 874. The van der Waals surface area contributed by atoms with Crippen LogP contribution in [0.1, 0.15) is 12.6 Å². The van der Waals surface area contributed by atoms with Crippen LogP contribution in [0.25, 0.3) is 15.9 Å². The molecule has 0 spiro atoms. The summed E-state index contributed by atoms with van der Waals surface area (Å²) in [5.74, 6) is 0.944. The Morgan fingerprint density at radius 3 is 3.05 bits per heavy atom. The molecule has 3 heterocycles. The molecule has 0 saturated heterocycles. The van der Waals surface area contributed by atoms with E-state index in [2.05, 4.69) is 38.5 Å². The summed E-state index contributed by atoms with van der Waals surface area (Å²) >= 11 is 1.66. The highest BCUT2D eigenvalue weighted by Gasteiger charge is 2.08. The number of aromatic nitrogens is 3. The third kappa shape index (κ3) is 2.10. The number of thiazole rings is 1. The lowest BCUT2D eigenvalue weighted by molar-refractivity contribution is 0.344. The van der Waals surface area contributed by atoms with Gasteiger partial charge in [-0.1, -0.05) is 6.07 Å². The number of hydrogen-bond acceptors (Lipinski definition) is 3. The maximum atomic E-state index is 5.69. The molecule has 4 nitrogen and oxygen atoms in total. The van der Waals surface area contributed by atoms with Gasteiger partial charge in [0.05, 0.1) is 24.4 Å². The van der Waals surface area contributed by atoms with E-state index in [4.69, 9.17) is 4.74 Å². The Labute approximate surface area is 126 Å². The molecule has 0 atom stereocenters. The molecule has 0 unspecified atom stereocenters. The Morgan fingerprint density at radius 1 is 1.24 bits per heavy atom. The maximum absolute atomic E-state index is 5.69. The summed E-state index contributed by atoms with van der Waals surface area (Å²) < 4.78 is 9.97. The van der Waals surface area contributed by atoms with E-state index in [0.717, 1.165) is 28.3 Å². The van der Waals surface area contributed by atoms with E-state index in [0.29, 0.717) is 6.61 Å². The molecular weight excluding hydrogens is 282 g/mol. The van der Waals surface area contributed by atoms with Crippen molar-refractivity contribution in [3.05, 3.63) is 53.9 Å². The molecule has 0 aliphatic heterocycles. The first-order chi connectivity index (χ1) is 10.3. The summed E-state index contributed by atoms with van der Waals surface area (Å²) in [6.45, 7) is 3.46. The molecule has 1 aromatic carbocycles. The van der Waals surface area contributed by atoms with Gasteiger partial charge in [0.1, 0.15) is 5.75 Å². The molecule has 0 saturated carbocycles. The summed E-state index contributed by atoms with van der Waals surface area (Å²) in [5.41, 5.74) is 2.25. The Kier molecular flexibility index (Phi) is 2.93. The highest BCUT2D eigenvalue weighted by molar-refractivity contribution is 7.15. The van der Waals surface area contributed by atoms with Gasteiger partial charge in [-0.15, -0.1) is 11.3 Å². The van der Waals surface area contributed by atoms with Gasteiger partial charge in [0.25, 0.3) is 0 Å². The third-order valence-electron chi connectivity index (χ3n) is 3.55. The number of rotatable bonds is 4. The van der Waals surface area contributed by atoms with Gasteiger partial charge in [0.2, 0.25) is 0 Å². The fraction of sp³-hybridized carbons (Fsp3) is 0.188. The van der Waals surface area contributed by atoms with Crippen LogP contribution in [-0.4, -0.2) is 20.6 Å². The normalized spacial score (nSPS) is 11.5. The molecule has 0 radical (unpaired) electrons. The van der Waals surface area contributed by atoms with E-state index < -0.39 is 0 Å². The first-order valence-electron chi connectivity index (χ1n) is 6.97. The largest absolute Gasteiger partial charge is 0.493 e. The Morgan fingerprint density at radius 2 is 2.19 bits per heavy atom. The van der Waals surface area contributed by atoms with Crippen molar-refractivity contribution in [1.29, 1.82) is 0 Å². The van der Waals surface area contributed by atoms with Crippen LogP contribution in [0.5, 0.6) is 5.75 Å². The minimum atomic E-state index is 0.682. The van der Waals surface area contributed by atoms with E-state index in [-0.39, 0.29) is 0 Å². The molecule has 21 heavy (non-hydrogen) atoms. The second kappa shape index (κ2) is 4.93. The van der Waals surface area contributed by atoms with Gasteiger partial charge in [-0.2, -0.15) is 0 Å². The van der Waals surface area contributed by atoms with Crippen molar-refractivity contribution in [2.45, 2.75) is 13.5 Å². The average Bonchev–Trinajstić information content (AvgIpc) is 3.15. The Hall–Kier alpha value is -2.27. The first-order valence-corrected chi connectivity index (χ1v) is 7.85. The van der Waals surface area contributed by atoms with Crippen molar-refractivity contribution in [1.82, 2.24) is 14.0 Å². The number of imidazole rings is 1. The molecule has 0 fully saturated rings. The van der Waals surface area contributed by atoms with Crippen molar-refractivity contribution in [2.75, 3.05) is 6.61 Å². The van der Waals surface area contributed by atoms with Crippen LogP contribution in [0.15, 0.2) is 48.2 Å². The number of hydrogen-bond donors (Lipinski definition) is 0. The predicted octanol–water partition coefficient (Wildman–Crippen LogP) is 3.80. The fourth-order valence-electron chi connectivity index (χ4n) is 2.64. The highest BCUT2D eigenvalue weighted by atomic mass is 32.1. The van der Waals surface area contributed by atoms with E-state index in [1.54, 1.807) is 11.3 Å². The van der Waals surface area contributed by atoms with Crippen LogP contribution in [-0.2, 0) is 6.54 Å². The van der Waals surface area contributed by atoms with Crippen LogP contribution >= 0.6 is 11.3 Å². The van der Waals surface area contributed by atoms with Crippen LogP contribution in [0, 0.1) is 0 Å². The van der Waals surface area contributed by atoms with Gasteiger partial charge in [0, 0.05) is 29.4 Å². The SMILES string of the molecule is CCOc1cccc2c1ccn2Cc1cn2ccsc2n1.